The number of carboxylic acid groups (broad SMARTS) is 1. The Morgan fingerprint density at radius 2 is 2.03 bits per heavy atom. The number of benzene rings is 1. The Hall–Kier alpha value is -3.47. The minimum Gasteiger partial charge on any atom is -0.480 e. The number of aliphatic hydroxyl groups excluding tert-OH is 1. The number of nitrogens with zero attached hydrogens (tertiary/aromatic N) is 4. The summed E-state index contributed by atoms with van der Waals surface area (Å²) >= 11 is 0. The zero-order chi connectivity index (χ0) is 22.1. The van der Waals surface area contributed by atoms with Crippen molar-refractivity contribution in [3.8, 4) is 11.4 Å². The fraction of sp³-hybridized carbons (Fsp3) is 0.286. The molecule has 0 amide bonds. The second-order valence-electron chi connectivity index (χ2n) is 6.89. The summed E-state index contributed by atoms with van der Waals surface area (Å²) in [7, 11) is 0. The monoisotopic (exact) mass is 423 g/mol. The molecule has 1 atom stereocenters. The quantitative estimate of drug-likeness (QED) is 0.302. The van der Waals surface area contributed by atoms with Gasteiger partial charge >= 0.3 is 5.97 Å². The van der Waals surface area contributed by atoms with Crippen LogP contribution in [-0.4, -0.2) is 55.3 Å². The molecule has 31 heavy (non-hydrogen) atoms. The third-order valence-electron chi connectivity index (χ3n) is 4.51. The van der Waals surface area contributed by atoms with Crippen LogP contribution in [-0.2, 0) is 17.8 Å². The maximum absolute atomic E-state index is 11.0. The van der Waals surface area contributed by atoms with Crippen molar-refractivity contribution >= 4 is 17.6 Å². The molecule has 6 N–H and O–H groups in total. The highest BCUT2D eigenvalue weighted by molar-refractivity contribution is 5.73. The number of hydrogen-bond acceptors (Lipinski definition) is 9. The molecular formula is C21H25N7O3. The van der Waals surface area contributed by atoms with Crippen molar-refractivity contribution in [2.75, 3.05) is 18.5 Å². The minimum atomic E-state index is -1.10. The Labute approximate surface area is 179 Å². The van der Waals surface area contributed by atoms with Crippen molar-refractivity contribution in [1.82, 2.24) is 25.3 Å². The van der Waals surface area contributed by atoms with Crippen LogP contribution in [0.15, 0.2) is 49.1 Å². The summed E-state index contributed by atoms with van der Waals surface area (Å²) in [5.74, 6) is -0.220. The summed E-state index contributed by atoms with van der Waals surface area (Å²) in [6.07, 6.45) is 6.67. The molecule has 0 aliphatic rings. The molecular weight excluding hydrogens is 398 g/mol. The van der Waals surface area contributed by atoms with E-state index in [-0.39, 0.29) is 6.54 Å². The average molecular weight is 423 g/mol. The summed E-state index contributed by atoms with van der Waals surface area (Å²) in [5.41, 5.74) is 9.03. The van der Waals surface area contributed by atoms with Gasteiger partial charge in [-0.05, 0) is 48.7 Å². The number of carbonyl (C=O) groups is 1. The molecule has 3 rings (SSSR count). The van der Waals surface area contributed by atoms with Crippen molar-refractivity contribution in [2.45, 2.75) is 25.4 Å². The number of hydrogen-bond donors (Lipinski definition) is 5. The first kappa shape index (κ1) is 22.2. The van der Waals surface area contributed by atoms with Gasteiger partial charge in [-0.25, -0.2) is 9.97 Å². The number of nitrogens with one attached hydrogen (secondary N) is 2. The van der Waals surface area contributed by atoms with E-state index in [0.29, 0.717) is 18.3 Å². The number of aliphatic hydroxyl groups is 1. The first-order valence-electron chi connectivity index (χ1n) is 9.85. The number of carboxylic acids is 1. The number of nitrogens with two attached hydrogens (primary N) is 1. The van der Waals surface area contributed by atoms with Gasteiger partial charge in [0, 0.05) is 30.2 Å². The van der Waals surface area contributed by atoms with Crippen molar-refractivity contribution in [3.05, 3.63) is 60.2 Å². The summed E-state index contributed by atoms with van der Waals surface area (Å²) in [6, 6.07) is 8.36. The molecule has 3 aromatic rings. The largest absolute Gasteiger partial charge is 0.480 e. The average Bonchev–Trinajstić information content (AvgIpc) is 2.78. The third-order valence-corrected chi connectivity index (χ3v) is 4.51. The fourth-order valence-electron chi connectivity index (χ4n) is 2.91. The standard InChI is InChI=1S/C21H25N7O3/c22-6-2-4-14-7-16(11-23-9-14)19-25-13-26-21(28-19)27-17-5-1-3-15(8-17)10-24-18(12-29)20(30)31/h1,3,5,7-9,11,13,18,24,29H,2,4,6,10,12,22H2,(H,30,31)(H,25,26,27,28). The molecule has 2 heterocycles. The zero-order valence-electron chi connectivity index (χ0n) is 16.9. The molecule has 2 aromatic heterocycles. The van der Waals surface area contributed by atoms with E-state index in [4.69, 9.17) is 15.9 Å². The molecule has 10 nitrogen and oxygen atoms in total. The molecule has 0 saturated carbocycles. The molecule has 0 bridgehead atoms. The van der Waals surface area contributed by atoms with Crippen molar-refractivity contribution in [1.29, 1.82) is 0 Å². The molecule has 0 saturated heterocycles. The van der Waals surface area contributed by atoms with Gasteiger partial charge in [0.25, 0.3) is 0 Å². The lowest BCUT2D eigenvalue weighted by atomic mass is 10.1. The molecule has 0 fully saturated rings. The first-order chi connectivity index (χ1) is 15.1. The highest BCUT2D eigenvalue weighted by Crippen LogP contribution is 2.19. The van der Waals surface area contributed by atoms with E-state index < -0.39 is 18.6 Å². The SMILES string of the molecule is NCCCc1cncc(-c2ncnc(Nc3cccc(CNC(CO)C(=O)O)c3)n2)c1. The Morgan fingerprint density at radius 3 is 2.81 bits per heavy atom. The topological polar surface area (TPSA) is 159 Å². The number of aliphatic carboxylic acids is 1. The van der Waals surface area contributed by atoms with Gasteiger partial charge in [0.1, 0.15) is 12.4 Å². The van der Waals surface area contributed by atoms with Gasteiger partial charge in [0.15, 0.2) is 5.82 Å². The van der Waals surface area contributed by atoms with E-state index in [0.717, 1.165) is 35.2 Å². The van der Waals surface area contributed by atoms with Crippen LogP contribution in [0.1, 0.15) is 17.5 Å². The van der Waals surface area contributed by atoms with E-state index in [1.807, 2.05) is 36.5 Å². The fourth-order valence-corrected chi connectivity index (χ4v) is 2.91. The molecule has 1 aromatic carbocycles. The molecule has 10 heteroatoms. The normalized spacial score (nSPS) is 11.8. The smallest absolute Gasteiger partial charge is 0.323 e. The lowest BCUT2D eigenvalue weighted by Gasteiger charge is -2.12. The maximum Gasteiger partial charge on any atom is 0.323 e. The van der Waals surface area contributed by atoms with Gasteiger partial charge in [-0.2, -0.15) is 4.98 Å². The van der Waals surface area contributed by atoms with Gasteiger partial charge in [-0.15, -0.1) is 0 Å². The third kappa shape index (κ3) is 6.51. The molecule has 0 spiro atoms. The minimum absolute atomic E-state index is 0.288. The van der Waals surface area contributed by atoms with Crippen LogP contribution in [0.3, 0.4) is 0 Å². The number of aromatic nitrogens is 4. The first-order valence-corrected chi connectivity index (χ1v) is 9.85. The van der Waals surface area contributed by atoms with Crippen LogP contribution in [0.25, 0.3) is 11.4 Å². The summed E-state index contributed by atoms with van der Waals surface area (Å²) < 4.78 is 0. The number of anilines is 2. The highest BCUT2D eigenvalue weighted by atomic mass is 16.4. The van der Waals surface area contributed by atoms with Gasteiger partial charge in [-0.3, -0.25) is 15.1 Å². The second-order valence-corrected chi connectivity index (χ2v) is 6.89. The van der Waals surface area contributed by atoms with Gasteiger partial charge in [0.05, 0.1) is 6.61 Å². The zero-order valence-corrected chi connectivity index (χ0v) is 16.9. The number of pyridine rings is 1. The van der Waals surface area contributed by atoms with E-state index in [9.17, 15) is 4.79 Å². The lowest BCUT2D eigenvalue weighted by molar-refractivity contribution is -0.140. The predicted octanol–water partition coefficient (Wildman–Crippen LogP) is 1.10. The molecule has 1 unspecified atom stereocenters. The lowest BCUT2D eigenvalue weighted by Crippen LogP contribution is -2.39. The molecule has 0 aliphatic carbocycles. The second kappa shape index (κ2) is 11.1. The van der Waals surface area contributed by atoms with Crippen molar-refractivity contribution < 1.29 is 15.0 Å². The van der Waals surface area contributed by atoms with E-state index in [1.54, 1.807) is 6.20 Å². The van der Waals surface area contributed by atoms with Crippen LogP contribution in [0.2, 0.25) is 0 Å². The molecule has 0 radical (unpaired) electrons. The molecule has 162 valence electrons. The van der Waals surface area contributed by atoms with Crippen LogP contribution in [0, 0.1) is 0 Å². The van der Waals surface area contributed by atoms with Crippen molar-refractivity contribution in [2.24, 2.45) is 5.73 Å². The Bertz CT molecular complexity index is 1020. The van der Waals surface area contributed by atoms with Gasteiger partial charge < -0.3 is 21.3 Å². The van der Waals surface area contributed by atoms with Crippen LogP contribution in [0.5, 0.6) is 0 Å². The number of rotatable bonds is 11. The highest BCUT2D eigenvalue weighted by Gasteiger charge is 2.15. The summed E-state index contributed by atoms with van der Waals surface area (Å²) in [6.45, 7) is 0.426. The van der Waals surface area contributed by atoms with Crippen LogP contribution >= 0.6 is 0 Å². The van der Waals surface area contributed by atoms with E-state index in [1.165, 1.54) is 6.33 Å². The van der Waals surface area contributed by atoms with Crippen molar-refractivity contribution in [3.63, 3.8) is 0 Å². The predicted molar refractivity (Wildman–Crippen MR) is 116 cm³/mol. The van der Waals surface area contributed by atoms with Crippen LogP contribution in [0.4, 0.5) is 11.6 Å². The van der Waals surface area contributed by atoms with Crippen LogP contribution < -0.4 is 16.4 Å². The molecule has 0 aliphatic heterocycles. The Kier molecular flexibility index (Phi) is 7.93. The van der Waals surface area contributed by atoms with Gasteiger partial charge in [-0.1, -0.05) is 12.1 Å². The summed E-state index contributed by atoms with van der Waals surface area (Å²) in [5, 5.41) is 24.1. The maximum atomic E-state index is 11.0. The van der Waals surface area contributed by atoms with E-state index in [2.05, 4.69) is 30.6 Å². The Morgan fingerprint density at radius 1 is 1.16 bits per heavy atom. The Balaban J connectivity index is 1.71. The van der Waals surface area contributed by atoms with Gasteiger partial charge in [0.2, 0.25) is 5.95 Å². The number of aryl methyl sites for hydroxylation is 1. The summed E-state index contributed by atoms with van der Waals surface area (Å²) in [4.78, 5) is 28.2. The van der Waals surface area contributed by atoms with E-state index >= 15 is 0 Å².